The number of aliphatic carboxylic acids is 2. The predicted octanol–water partition coefficient (Wildman–Crippen LogP) is 1.59. The minimum atomic E-state index is -1.29. The molecule has 1 amide bonds. The summed E-state index contributed by atoms with van der Waals surface area (Å²) in [5.74, 6) is 3.48. The third kappa shape index (κ3) is 6.48. The third-order valence-corrected chi connectivity index (χ3v) is 5.42. The quantitative estimate of drug-likeness (QED) is 0.234. The summed E-state index contributed by atoms with van der Waals surface area (Å²) in [6, 6.07) is 5.46. The van der Waals surface area contributed by atoms with Crippen molar-refractivity contribution in [2.24, 2.45) is 5.92 Å². The van der Waals surface area contributed by atoms with Gasteiger partial charge in [0.25, 0.3) is 5.91 Å². The number of rotatable bonds is 10. The van der Waals surface area contributed by atoms with E-state index in [4.69, 9.17) is 16.6 Å². The molecule has 11 nitrogen and oxygen atoms in total. The van der Waals surface area contributed by atoms with Gasteiger partial charge in [-0.25, -0.2) is 4.79 Å². The summed E-state index contributed by atoms with van der Waals surface area (Å²) in [5.41, 5.74) is 14.4. The highest BCUT2D eigenvalue weighted by Crippen LogP contribution is 2.26. The number of nitrogens with one attached hydrogen (secondary N) is 2. The molecule has 2 atom stereocenters. The maximum absolute atomic E-state index is 12.5. The summed E-state index contributed by atoms with van der Waals surface area (Å²) in [7, 11) is 0. The van der Waals surface area contributed by atoms with Crippen molar-refractivity contribution in [3.63, 3.8) is 0 Å². The number of anilines is 2. The Morgan fingerprint density at radius 1 is 1.11 bits per heavy atom. The van der Waals surface area contributed by atoms with Crippen LogP contribution >= 0.6 is 0 Å². The predicted molar refractivity (Wildman–Crippen MR) is 129 cm³/mol. The second kappa shape index (κ2) is 11.0. The summed E-state index contributed by atoms with van der Waals surface area (Å²) >= 11 is 0. The topological polar surface area (TPSA) is 197 Å². The first-order valence-electron chi connectivity index (χ1n) is 10.8. The van der Waals surface area contributed by atoms with E-state index >= 15 is 0 Å². The van der Waals surface area contributed by atoms with Gasteiger partial charge in [0, 0.05) is 24.1 Å². The van der Waals surface area contributed by atoms with Crippen LogP contribution in [0.2, 0.25) is 0 Å². The first-order valence-corrected chi connectivity index (χ1v) is 10.8. The van der Waals surface area contributed by atoms with E-state index < -0.39 is 23.9 Å². The van der Waals surface area contributed by atoms with E-state index in [2.05, 4.69) is 32.1 Å². The first-order chi connectivity index (χ1) is 16.7. The molecule has 3 rings (SSSR count). The lowest BCUT2D eigenvalue weighted by Gasteiger charge is -2.14. The number of aromatic nitrogens is 3. The van der Waals surface area contributed by atoms with E-state index in [0.717, 1.165) is 11.1 Å². The SMILES string of the molecule is CC#CC(Cc1ccc(C(=O)N[C@@H](CCC(=O)O)C(=O)O)cc1)Cc1c[nH]c2nc(N)nc(N)c12. The number of benzene rings is 1. The zero-order valence-corrected chi connectivity index (χ0v) is 19.0. The Morgan fingerprint density at radius 3 is 2.46 bits per heavy atom. The number of nitrogens with zero attached hydrogens (tertiary/aromatic N) is 2. The number of carboxylic acids is 2. The summed E-state index contributed by atoms with van der Waals surface area (Å²) in [4.78, 5) is 45.7. The Labute approximate surface area is 200 Å². The molecule has 2 aromatic heterocycles. The summed E-state index contributed by atoms with van der Waals surface area (Å²) in [6.07, 6.45) is 2.43. The maximum atomic E-state index is 12.5. The van der Waals surface area contributed by atoms with Gasteiger partial charge in [0.15, 0.2) is 0 Å². The number of nitrogens with two attached hydrogens (primary N) is 2. The number of carbonyl (C=O) groups excluding carboxylic acids is 1. The number of nitrogen functional groups attached to an aromatic ring is 2. The molecule has 0 bridgehead atoms. The first kappa shape index (κ1) is 25.0. The van der Waals surface area contributed by atoms with E-state index in [1.807, 2.05) is 6.20 Å². The van der Waals surface area contributed by atoms with Crippen LogP contribution in [0.5, 0.6) is 0 Å². The summed E-state index contributed by atoms with van der Waals surface area (Å²) in [6.45, 7) is 1.76. The molecule has 0 fully saturated rings. The van der Waals surface area contributed by atoms with Crippen molar-refractivity contribution >= 4 is 40.6 Å². The molecule has 11 heteroatoms. The number of carboxylic acid groups (broad SMARTS) is 2. The van der Waals surface area contributed by atoms with Gasteiger partial charge in [0.05, 0.1) is 5.39 Å². The van der Waals surface area contributed by atoms with Gasteiger partial charge in [-0.15, -0.1) is 5.92 Å². The van der Waals surface area contributed by atoms with Crippen molar-refractivity contribution in [2.45, 2.75) is 38.6 Å². The fraction of sp³-hybridized carbons (Fsp3) is 0.292. The number of hydrogen-bond donors (Lipinski definition) is 6. The van der Waals surface area contributed by atoms with E-state index in [9.17, 15) is 19.5 Å². The molecule has 0 aliphatic carbocycles. The monoisotopic (exact) mass is 478 g/mol. The highest BCUT2D eigenvalue weighted by Gasteiger charge is 2.22. The zero-order valence-electron chi connectivity index (χ0n) is 19.0. The van der Waals surface area contributed by atoms with Crippen molar-refractivity contribution in [3.8, 4) is 11.8 Å². The molecule has 0 saturated heterocycles. The van der Waals surface area contributed by atoms with E-state index in [1.54, 1.807) is 31.2 Å². The van der Waals surface area contributed by atoms with Gasteiger partial charge in [0.2, 0.25) is 5.95 Å². The molecule has 3 aromatic rings. The van der Waals surface area contributed by atoms with Gasteiger partial charge in [-0.3, -0.25) is 9.59 Å². The van der Waals surface area contributed by atoms with Crippen LogP contribution in [0.25, 0.3) is 11.0 Å². The van der Waals surface area contributed by atoms with Crippen LogP contribution in [0, 0.1) is 17.8 Å². The summed E-state index contributed by atoms with van der Waals surface area (Å²) in [5, 5.41) is 21.1. The number of aromatic amines is 1. The second-order valence-corrected chi connectivity index (χ2v) is 8.00. The van der Waals surface area contributed by atoms with Crippen molar-refractivity contribution in [1.82, 2.24) is 20.3 Å². The lowest BCUT2D eigenvalue weighted by Crippen LogP contribution is -2.41. The minimum Gasteiger partial charge on any atom is -0.481 e. The van der Waals surface area contributed by atoms with Crippen LogP contribution in [-0.4, -0.2) is 49.1 Å². The van der Waals surface area contributed by atoms with Crippen molar-refractivity contribution in [2.75, 3.05) is 11.5 Å². The van der Waals surface area contributed by atoms with Gasteiger partial charge in [-0.1, -0.05) is 18.1 Å². The van der Waals surface area contributed by atoms with Crippen molar-refractivity contribution in [3.05, 3.63) is 47.2 Å². The molecule has 35 heavy (non-hydrogen) atoms. The van der Waals surface area contributed by atoms with Gasteiger partial charge in [-0.2, -0.15) is 9.97 Å². The van der Waals surface area contributed by atoms with Crippen LogP contribution in [-0.2, 0) is 22.4 Å². The Balaban J connectivity index is 1.70. The molecule has 1 aromatic carbocycles. The molecule has 0 aliphatic rings. The van der Waals surface area contributed by atoms with Gasteiger partial charge < -0.3 is 32.0 Å². The van der Waals surface area contributed by atoms with Crippen LogP contribution in [0.15, 0.2) is 30.5 Å². The molecule has 182 valence electrons. The number of amides is 1. The largest absolute Gasteiger partial charge is 0.481 e. The maximum Gasteiger partial charge on any atom is 0.326 e. The molecule has 0 radical (unpaired) electrons. The van der Waals surface area contributed by atoms with Gasteiger partial charge in [0.1, 0.15) is 17.5 Å². The molecular formula is C24H26N6O5. The Kier molecular flexibility index (Phi) is 7.88. The number of carbonyl (C=O) groups is 3. The fourth-order valence-corrected chi connectivity index (χ4v) is 3.79. The highest BCUT2D eigenvalue weighted by atomic mass is 16.4. The Bertz CT molecular complexity index is 1310. The molecule has 1 unspecified atom stereocenters. The van der Waals surface area contributed by atoms with Crippen LogP contribution in [0.4, 0.5) is 11.8 Å². The molecule has 0 aliphatic heterocycles. The Morgan fingerprint density at radius 2 is 1.83 bits per heavy atom. The average molecular weight is 479 g/mol. The molecular weight excluding hydrogens is 452 g/mol. The standard InChI is InChI=1S/C24H26N6O5/c1-2-3-14(11-16-12-27-21-19(16)20(25)29-24(26)30-21)10-13-4-6-15(7-5-13)22(33)28-17(23(34)35)8-9-18(31)32/h4-7,12,14,17H,8-11H2,1H3,(H,28,33)(H,31,32)(H,34,35)(H5,25,26,27,29,30)/t14?,17-/m0/s1. The van der Waals surface area contributed by atoms with Gasteiger partial charge in [-0.05, 0) is 49.4 Å². The highest BCUT2D eigenvalue weighted by molar-refractivity contribution is 5.96. The molecule has 8 N–H and O–H groups in total. The van der Waals surface area contributed by atoms with Crippen molar-refractivity contribution < 1.29 is 24.6 Å². The lowest BCUT2D eigenvalue weighted by molar-refractivity contribution is -0.140. The molecule has 0 saturated carbocycles. The van der Waals surface area contributed by atoms with E-state index in [0.29, 0.717) is 29.7 Å². The third-order valence-electron chi connectivity index (χ3n) is 5.42. The minimum absolute atomic E-state index is 0.0527. The second-order valence-electron chi connectivity index (χ2n) is 8.00. The average Bonchev–Trinajstić information content (AvgIpc) is 3.19. The van der Waals surface area contributed by atoms with E-state index in [1.165, 1.54) is 0 Å². The zero-order chi connectivity index (χ0) is 25.5. The smallest absolute Gasteiger partial charge is 0.326 e. The number of fused-ring (bicyclic) bond motifs is 1. The fourth-order valence-electron chi connectivity index (χ4n) is 3.79. The molecule has 0 spiro atoms. The number of hydrogen-bond acceptors (Lipinski definition) is 7. The van der Waals surface area contributed by atoms with Crippen molar-refractivity contribution in [1.29, 1.82) is 0 Å². The van der Waals surface area contributed by atoms with Crippen LogP contribution in [0.1, 0.15) is 41.3 Å². The Hall–Kier alpha value is -4.59. The lowest BCUT2D eigenvalue weighted by atomic mass is 9.92. The number of H-pyrrole nitrogens is 1. The van der Waals surface area contributed by atoms with Gasteiger partial charge >= 0.3 is 11.9 Å². The summed E-state index contributed by atoms with van der Waals surface area (Å²) < 4.78 is 0. The molecule has 2 heterocycles. The van der Waals surface area contributed by atoms with Crippen LogP contribution < -0.4 is 16.8 Å². The van der Waals surface area contributed by atoms with Crippen LogP contribution in [0.3, 0.4) is 0 Å². The van der Waals surface area contributed by atoms with E-state index in [-0.39, 0.29) is 30.3 Å². The normalized spacial score (nSPS) is 12.4.